The number of methoxy groups -OCH3 is 1. The van der Waals surface area contributed by atoms with Gasteiger partial charge in [0.15, 0.2) is 11.6 Å². The number of benzene rings is 2. The molecule has 0 saturated heterocycles. The Balaban J connectivity index is 1.72. The maximum Gasteiger partial charge on any atom is 0.343 e. The van der Waals surface area contributed by atoms with Crippen LogP contribution in [-0.2, 0) is 11.3 Å². The zero-order chi connectivity index (χ0) is 30.7. The van der Waals surface area contributed by atoms with Crippen LogP contribution in [0.5, 0.6) is 11.6 Å². The fourth-order valence-electron chi connectivity index (χ4n) is 5.66. The van der Waals surface area contributed by atoms with Crippen molar-refractivity contribution in [1.82, 2.24) is 9.88 Å². The summed E-state index contributed by atoms with van der Waals surface area (Å²) in [5.74, 6) is -1.82. The number of rotatable bonds is 12. The van der Waals surface area contributed by atoms with E-state index >= 15 is 8.78 Å². The number of hydrogen-bond donors (Lipinski definition) is 0. The lowest BCUT2D eigenvalue weighted by molar-refractivity contribution is -0.121. The van der Waals surface area contributed by atoms with E-state index in [1.165, 1.54) is 25.3 Å². The van der Waals surface area contributed by atoms with Crippen LogP contribution >= 0.6 is 0 Å². The second-order valence-electron chi connectivity index (χ2n) is 11.8. The van der Waals surface area contributed by atoms with Gasteiger partial charge in [-0.15, -0.1) is 0 Å². The smallest absolute Gasteiger partial charge is 0.343 e. The monoisotopic (exact) mass is 578 g/mol. The molecular formula is C34H40F2N2O4. The van der Waals surface area contributed by atoms with Crippen LogP contribution in [0.2, 0.25) is 0 Å². The molecule has 1 heterocycles. The summed E-state index contributed by atoms with van der Waals surface area (Å²) < 4.78 is 41.4. The van der Waals surface area contributed by atoms with Crippen molar-refractivity contribution in [3.8, 4) is 22.8 Å². The number of aromatic nitrogens is 1. The van der Waals surface area contributed by atoms with Crippen molar-refractivity contribution in [2.75, 3.05) is 7.11 Å². The number of nitrogens with zero attached hydrogens (tertiary/aromatic N) is 2. The predicted octanol–water partition coefficient (Wildman–Crippen LogP) is 7.59. The molecule has 0 aliphatic heterocycles. The summed E-state index contributed by atoms with van der Waals surface area (Å²) in [5, 5.41) is 0. The third kappa shape index (κ3) is 7.04. The number of carbonyl (C=O) groups excluding carboxylic acids is 2. The first-order valence-electron chi connectivity index (χ1n) is 14.5. The van der Waals surface area contributed by atoms with Gasteiger partial charge in [-0.2, -0.15) is 0 Å². The van der Waals surface area contributed by atoms with Gasteiger partial charge in [-0.05, 0) is 100 Å². The van der Waals surface area contributed by atoms with Gasteiger partial charge < -0.3 is 9.47 Å². The van der Waals surface area contributed by atoms with E-state index in [1.807, 2.05) is 13.0 Å². The van der Waals surface area contributed by atoms with Gasteiger partial charge in [0, 0.05) is 36.2 Å². The second-order valence-corrected chi connectivity index (χ2v) is 11.8. The average Bonchev–Trinajstić information content (AvgIpc) is 3.78. The van der Waals surface area contributed by atoms with E-state index in [2.05, 4.69) is 37.6 Å². The van der Waals surface area contributed by atoms with Crippen molar-refractivity contribution in [1.29, 1.82) is 0 Å². The predicted molar refractivity (Wildman–Crippen MR) is 159 cm³/mol. The van der Waals surface area contributed by atoms with Gasteiger partial charge in [-0.25, -0.2) is 18.6 Å². The van der Waals surface area contributed by atoms with E-state index in [1.54, 1.807) is 25.1 Å². The van der Waals surface area contributed by atoms with Crippen LogP contribution in [0.1, 0.15) is 81.8 Å². The summed E-state index contributed by atoms with van der Waals surface area (Å²) in [6.07, 6.45) is 3.14. The number of ether oxygens (including phenoxy) is 2. The SMILES string of the molecule is COc1cc(-c2cc(F)c(OC(=O)c3cccc([C@H](C4CC4)[C@H](C)C(C)=O)c3)cc2CN(C(C)C)C(C)C)c(F)cn1. The summed E-state index contributed by atoms with van der Waals surface area (Å²) in [6.45, 7) is 12.1. The molecule has 1 fully saturated rings. The minimum absolute atomic E-state index is 0.0168. The van der Waals surface area contributed by atoms with Crippen molar-refractivity contribution < 1.29 is 27.8 Å². The highest BCUT2D eigenvalue weighted by molar-refractivity contribution is 5.91. The molecule has 1 aliphatic rings. The third-order valence-electron chi connectivity index (χ3n) is 8.19. The Morgan fingerprint density at radius 2 is 1.67 bits per heavy atom. The number of ketones is 1. The molecule has 0 amide bonds. The van der Waals surface area contributed by atoms with Crippen LogP contribution in [0.3, 0.4) is 0 Å². The number of carbonyl (C=O) groups is 2. The van der Waals surface area contributed by atoms with E-state index in [0.717, 1.165) is 24.6 Å². The molecule has 0 unspecified atom stereocenters. The Morgan fingerprint density at radius 1 is 0.976 bits per heavy atom. The van der Waals surface area contributed by atoms with Crippen molar-refractivity contribution >= 4 is 11.8 Å². The molecule has 2 aromatic carbocycles. The summed E-state index contributed by atoms with van der Waals surface area (Å²) in [5.41, 5.74) is 2.22. The Bertz CT molecular complexity index is 1440. The van der Waals surface area contributed by atoms with Crippen LogP contribution in [0.25, 0.3) is 11.1 Å². The van der Waals surface area contributed by atoms with Crippen molar-refractivity contribution in [3.05, 3.63) is 77.0 Å². The van der Waals surface area contributed by atoms with Crippen LogP contribution in [0, 0.1) is 23.5 Å². The number of esters is 1. The molecule has 224 valence electrons. The summed E-state index contributed by atoms with van der Waals surface area (Å²) in [6, 6.07) is 11.5. The second kappa shape index (κ2) is 13.1. The highest BCUT2D eigenvalue weighted by Gasteiger charge is 2.37. The molecule has 0 bridgehead atoms. The van der Waals surface area contributed by atoms with Gasteiger partial charge in [-0.1, -0.05) is 19.1 Å². The maximum atomic E-state index is 15.6. The first-order valence-corrected chi connectivity index (χ1v) is 14.5. The van der Waals surface area contributed by atoms with Crippen molar-refractivity contribution in [3.63, 3.8) is 0 Å². The Kier molecular flexibility index (Phi) is 9.77. The van der Waals surface area contributed by atoms with Crippen LogP contribution in [0.15, 0.2) is 48.7 Å². The van der Waals surface area contributed by atoms with Gasteiger partial charge in [0.25, 0.3) is 0 Å². The normalized spacial score (nSPS) is 14.8. The lowest BCUT2D eigenvalue weighted by Crippen LogP contribution is -2.36. The molecule has 1 aromatic heterocycles. The minimum atomic E-state index is -0.796. The molecule has 8 heteroatoms. The summed E-state index contributed by atoms with van der Waals surface area (Å²) in [4.78, 5) is 31.6. The Morgan fingerprint density at radius 3 is 2.26 bits per heavy atom. The lowest BCUT2D eigenvalue weighted by atomic mass is 9.81. The topological polar surface area (TPSA) is 68.7 Å². The van der Waals surface area contributed by atoms with Gasteiger partial charge >= 0.3 is 5.97 Å². The molecule has 0 N–H and O–H groups in total. The van der Waals surface area contributed by atoms with E-state index in [9.17, 15) is 9.59 Å². The molecule has 6 nitrogen and oxygen atoms in total. The summed E-state index contributed by atoms with van der Waals surface area (Å²) in [7, 11) is 1.43. The van der Waals surface area contributed by atoms with Gasteiger partial charge in [0.05, 0.1) is 18.9 Å². The zero-order valence-corrected chi connectivity index (χ0v) is 25.4. The first kappa shape index (κ1) is 31.3. The van der Waals surface area contributed by atoms with Gasteiger partial charge in [0.1, 0.15) is 11.6 Å². The van der Waals surface area contributed by atoms with Crippen molar-refractivity contribution in [2.24, 2.45) is 11.8 Å². The lowest BCUT2D eigenvalue weighted by Gasteiger charge is -2.31. The maximum absolute atomic E-state index is 15.6. The number of halogens is 2. The van der Waals surface area contributed by atoms with E-state index in [-0.39, 0.29) is 52.5 Å². The Hall–Kier alpha value is -3.65. The van der Waals surface area contributed by atoms with Crippen LogP contribution in [0.4, 0.5) is 8.78 Å². The number of pyridine rings is 1. The first-order chi connectivity index (χ1) is 19.9. The summed E-state index contributed by atoms with van der Waals surface area (Å²) >= 11 is 0. The van der Waals surface area contributed by atoms with E-state index in [4.69, 9.17) is 9.47 Å². The highest BCUT2D eigenvalue weighted by atomic mass is 19.1. The molecule has 42 heavy (non-hydrogen) atoms. The third-order valence-corrected chi connectivity index (χ3v) is 8.19. The van der Waals surface area contributed by atoms with Crippen LogP contribution in [-0.4, -0.2) is 40.8 Å². The van der Waals surface area contributed by atoms with Crippen molar-refractivity contribution in [2.45, 2.75) is 78.9 Å². The number of Topliss-reactive ketones (excluding diaryl/α,β-unsaturated/α-hetero) is 1. The molecule has 0 spiro atoms. The van der Waals surface area contributed by atoms with Gasteiger partial charge in [0.2, 0.25) is 5.88 Å². The molecule has 0 radical (unpaired) electrons. The largest absolute Gasteiger partial charge is 0.481 e. The zero-order valence-electron chi connectivity index (χ0n) is 25.4. The Labute approximate surface area is 247 Å². The van der Waals surface area contributed by atoms with E-state index < -0.39 is 17.6 Å². The molecule has 2 atom stereocenters. The fourth-order valence-corrected chi connectivity index (χ4v) is 5.66. The quantitative estimate of drug-likeness (QED) is 0.163. The minimum Gasteiger partial charge on any atom is -0.481 e. The van der Waals surface area contributed by atoms with E-state index in [0.29, 0.717) is 23.6 Å². The van der Waals surface area contributed by atoms with Gasteiger partial charge in [-0.3, -0.25) is 9.69 Å². The molecule has 3 aromatic rings. The average molecular weight is 579 g/mol. The molecule has 4 rings (SSSR count). The highest BCUT2D eigenvalue weighted by Crippen LogP contribution is 2.47. The van der Waals surface area contributed by atoms with Crippen LogP contribution < -0.4 is 9.47 Å². The standard InChI is InChI=1S/C34H40F2N2O4/c1-19(2)38(20(3)4)18-26-14-31(29(35)15-27(26)28-16-32(41-7)37-17-30(28)36)42-34(40)25-10-8-9-24(13-25)33(23-11-12-23)21(5)22(6)39/h8-10,13-17,19-21,23,33H,11-12,18H2,1-7H3/t21-,33+/m1/s1. The molecule has 1 aliphatic carbocycles. The molecule has 1 saturated carbocycles. The fraction of sp³-hybridized carbons (Fsp3) is 0.441. The molecular weight excluding hydrogens is 538 g/mol. The number of hydrogen-bond acceptors (Lipinski definition) is 6.